The van der Waals surface area contributed by atoms with E-state index in [1.165, 1.54) is 13.3 Å². The second-order valence-electron chi connectivity index (χ2n) is 5.52. The molecule has 0 amide bonds. The number of nitrogen functional groups attached to an aromatic ring is 1. The van der Waals surface area contributed by atoms with Crippen molar-refractivity contribution in [2.24, 2.45) is 0 Å². The molecule has 7 heteroatoms. The van der Waals surface area contributed by atoms with Gasteiger partial charge in [0.25, 0.3) is 0 Å². The number of ether oxygens (including phenoxy) is 1. The van der Waals surface area contributed by atoms with Gasteiger partial charge in [-0.15, -0.1) is 0 Å². The Labute approximate surface area is 139 Å². The Morgan fingerprint density at radius 2 is 2.12 bits per heavy atom. The minimum Gasteiger partial charge on any atom is -0.463 e. The molecule has 0 saturated carbocycles. The van der Waals surface area contributed by atoms with Gasteiger partial charge in [0.1, 0.15) is 18.5 Å². The van der Waals surface area contributed by atoms with E-state index < -0.39 is 0 Å². The van der Waals surface area contributed by atoms with Crippen LogP contribution in [-0.4, -0.2) is 27.2 Å². The number of esters is 1. The summed E-state index contributed by atoms with van der Waals surface area (Å²) in [5, 5.41) is 7.52. The van der Waals surface area contributed by atoms with Gasteiger partial charge in [-0.3, -0.25) is 4.79 Å². The predicted octanol–water partition coefficient (Wildman–Crippen LogP) is 2.34. The van der Waals surface area contributed by atoms with Gasteiger partial charge in [0, 0.05) is 12.5 Å². The molecule has 0 fully saturated rings. The molecule has 0 unspecified atom stereocenters. The van der Waals surface area contributed by atoms with Gasteiger partial charge < -0.3 is 15.8 Å². The van der Waals surface area contributed by atoms with Crippen molar-refractivity contribution in [1.82, 2.24) is 14.6 Å². The van der Waals surface area contributed by atoms with Gasteiger partial charge in [0.15, 0.2) is 5.82 Å². The number of hydrogen-bond acceptors (Lipinski definition) is 6. The Morgan fingerprint density at radius 3 is 2.83 bits per heavy atom. The summed E-state index contributed by atoms with van der Waals surface area (Å²) in [6, 6.07) is 9.52. The van der Waals surface area contributed by atoms with Crippen LogP contribution >= 0.6 is 0 Å². The van der Waals surface area contributed by atoms with Crippen molar-refractivity contribution in [2.45, 2.75) is 19.9 Å². The molecule has 1 aromatic carbocycles. The second-order valence-corrected chi connectivity index (χ2v) is 5.52. The zero-order valence-electron chi connectivity index (χ0n) is 13.6. The van der Waals surface area contributed by atoms with Crippen molar-refractivity contribution in [1.29, 1.82) is 0 Å². The van der Waals surface area contributed by atoms with E-state index in [0.717, 1.165) is 16.6 Å². The lowest BCUT2D eigenvalue weighted by molar-refractivity contribution is -0.141. The standard InChI is InChI=1S/C17H19N5O2/c1-11-14(18)8-22-16(11)17(19-10-20-22)21-15(9-24-12(2)23)13-6-4-3-5-7-13/h3-8,10,15H,9,18H2,1-2H3,(H,19,20,21)/t15-/m1/s1. The SMILES string of the molecule is CC(=O)OC[C@@H](Nc1ncnn2cc(N)c(C)c12)c1ccccc1. The van der Waals surface area contributed by atoms with Crippen LogP contribution < -0.4 is 11.1 Å². The maximum Gasteiger partial charge on any atom is 0.302 e. The smallest absolute Gasteiger partial charge is 0.302 e. The maximum absolute atomic E-state index is 11.2. The quantitative estimate of drug-likeness (QED) is 0.699. The highest BCUT2D eigenvalue weighted by Gasteiger charge is 2.17. The normalized spacial score (nSPS) is 12.1. The monoisotopic (exact) mass is 325 g/mol. The fraction of sp³-hybridized carbons (Fsp3) is 0.235. The molecular weight excluding hydrogens is 306 g/mol. The number of aryl methyl sites for hydroxylation is 1. The van der Waals surface area contributed by atoms with Gasteiger partial charge in [0.05, 0.1) is 17.9 Å². The Morgan fingerprint density at radius 1 is 1.38 bits per heavy atom. The fourth-order valence-corrected chi connectivity index (χ4v) is 2.56. The van der Waals surface area contributed by atoms with E-state index >= 15 is 0 Å². The van der Waals surface area contributed by atoms with E-state index in [1.807, 2.05) is 37.3 Å². The van der Waals surface area contributed by atoms with Gasteiger partial charge >= 0.3 is 5.97 Å². The summed E-state index contributed by atoms with van der Waals surface area (Å²) in [7, 11) is 0. The zero-order chi connectivity index (χ0) is 17.1. The molecule has 2 heterocycles. The topological polar surface area (TPSA) is 94.5 Å². The minimum absolute atomic E-state index is 0.199. The molecule has 3 aromatic rings. The molecule has 0 spiro atoms. The van der Waals surface area contributed by atoms with Crippen LogP contribution in [0.15, 0.2) is 42.9 Å². The number of rotatable bonds is 5. The molecule has 24 heavy (non-hydrogen) atoms. The molecule has 0 saturated heterocycles. The number of hydrogen-bond donors (Lipinski definition) is 2. The number of carbonyl (C=O) groups excluding carboxylic acids is 1. The molecule has 3 N–H and O–H groups in total. The van der Waals surface area contributed by atoms with Crippen molar-refractivity contribution in [3.63, 3.8) is 0 Å². The summed E-state index contributed by atoms with van der Waals surface area (Å²) in [4.78, 5) is 15.5. The van der Waals surface area contributed by atoms with E-state index in [-0.39, 0.29) is 18.6 Å². The third-order valence-electron chi connectivity index (χ3n) is 3.83. The van der Waals surface area contributed by atoms with Gasteiger partial charge in [-0.1, -0.05) is 30.3 Å². The Bertz CT molecular complexity index is 860. The molecule has 0 aliphatic heterocycles. The number of nitrogens with two attached hydrogens (primary N) is 1. The van der Waals surface area contributed by atoms with Crippen molar-refractivity contribution < 1.29 is 9.53 Å². The van der Waals surface area contributed by atoms with Crippen LogP contribution in [0.25, 0.3) is 5.52 Å². The van der Waals surface area contributed by atoms with Gasteiger partial charge in [-0.2, -0.15) is 5.10 Å². The average Bonchev–Trinajstić information content (AvgIpc) is 2.87. The number of fused-ring (bicyclic) bond motifs is 1. The van der Waals surface area contributed by atoms with Crippen LogP contribution in [0.2, 0.25) is 0 Å². The molecule has 0 aliphatic carbocycles. The minimum atomic E-state index is -0.325. The number of aromatic nitrogens is 3. The molecule has 7 nitrogen and oxygen atoms in total. The third-order valence-corrected chi connectivity index (χ3v) is 3.83. The van der Waals surface area contributed by atoms with E-state index in [2.05, 4.69) is 15.4 Å². The Kier molecular flexibility index (Phi) is 4.33. The molecule has 0 bridgehead atoms. The van der Waals surface area contributed by atoms with Crippen molar-refractivity contribution in [3.8, 4) is 0 Å². The van der Waals surface area contributed by atoms with E-state index in [9.17, 15) is 4.79 Å². The number of benzene rings is 1. The fourth-order valence-electron chi connectivity index (χ4n) is 2.56. The second kappa shape index (κ2) is 6.57. The maximum atomic E-state index is 11.2. The van der Waals surface area contributed by atoms with Crippen LogP contribution in [0, 0.1) is 6.92 Å². The first-order valence-electron chi connectivity index (χ1n) is 7.59. The largest absolute Gasteiger partial charge is 0.463 e. The summed E-state index contributed by atoms with van der Waals surface area (Å²) >= 11 is 0. The lowest BCUT2D eigenvalue weighted by atomic mass is 10.1. The van der Waals surface area contributed by atoms with E-state index in [4.69, 9.17) is 10.5 Å². The Hall–Kier alpha value is -3.09. The highest BCUT2D eigenvalue weighted by molar-refractivity contribution is 5.78. The number of anilines is 2. The molecule has 124 valence electrons. The van der Waals surface area contributed by atoms with Crippen molar-refractivity contribution >= 4 is 23.0 Å². The van der Waals surface area contributed by atoms with Crippen molar-refractivity contribution in [3.05, 3.63) is 54.0 Å². The van der Waals surface area contributed by atoms with Crippen LogP contribution in [0.4, 0.5) is 11.5 Å². The molecule has 0 aliphatic rings. The molecule has 3 rings (SSSR count). The van der Waals surface area contributed by atoms with Crippen LogP contribution in [-0.2, 0) is 9.53 Å². The average molecular weight is 325 g/mol. The number of carbonyl (C=O) groups is 1. The van der Waals surface area contributed by atoms with Crippen molar-refractivity contribution in [2.75, 3.05) is 17.7 Å². The molecule has 2 aromatic heterocycles. The van der Waals surface area contributed by atoms with E-state index in [1.54, 1.807) is 10.7 Å². The summed E-state index contributed by atoms with van der Waals surface area (Å²) < 4.78 is 6.89. The molecule has 0 radical (unpaired) electrons. The third kappa shape index (κ3) is 3.15. The predicted molar refractivity (Wildman–Crippen MR) is 91.6 cm³/mol. The highest BCUT2D eigenvalue weighted by atomic mass is 16.5. The van der Waals surface area contributed by atoms with Crippen LogP contribution in [0.3, 0.4) is 0 Å². The Balaban J connectivity index is 1.97. The lowest BCUT2D eigenvalue weighted by Crippen LogP contribution is -2.20. The highest BCUT2D eigenvalue weighted by Crippen LogP contribution is 2.27. The molecule has 1 atom stereocenters. The zero-order valence-corrected chi connectivity index (χ0v) is 13.6. The van der Waals surface area contributed by atoms with Gasteiger partial charge in [-0.05, 0) is 12.5 Å². The first-order chi connectivity index (χ1) is 11.6. The van der Waals surface area contributed by atoms with Crippen LogP contribution in [0.1, 0.15) is 24.1 Å². The van der Waals surface area contributed by atoms with Crippen LogP contribution in [0.5, 0.6) is 0 Å². The first kappa shape index (κ1) is 15.8. The first-order valence-corrected chi connectivity index (χ1v) is 7.59. The summed E-state index contributed by atoms with van der Waals surface area (Å²) in [6.07, 6.45) is 3.21. The van der Waals surface area contributed by atoms with Gasteiger partial charge in [0.2, 0.25) is 0 Å². The molecular formula is C17H19N5O2. The van der Waals surface area contributed by atoms with E-state index in [0.29, 0.717) is 11.5 Å². The summed E-state index contributed by atoms with van der Waals surface area (Å²) in [6.45, 7) is 3.51. The summed E-state index contributed by atoms with van der Waals surface area (Å²) in [5.41, 5.74) is 9.32. The number of nitrogens with zero attached hydrogens (tertiary/aromatic N) is 3. The lowest BCUT2D eigenvalue weighted by Gasteiger charge is -2.20. The van der Waals surface area contributed by atoms with Gasteiger partial charge in [-0.25, -0.2) is 9.50 Å². The summed E-state index contributed by atoms with van der Waals surface area (Å²) in [5.74, 6) is 0.314. The number of nitrogens with one attached hydrogen (secondary N) is 1.